The monoisotopic (exact) mass is 289 g/mol. The molecule has 0 aliphatic heterocycles. The lowest BCUT2D eigenvalue weighted by Crippen LogP contribution is -2.30. The maximum Gasteiger partial charge on any atom is 0.119 e. The van der Waals surface area contributed by atoms with Gasteiger partial charge in [0.15, 0.2) is 0 Å². The molecule has 1 heterocycles. The summed E-state index contributed by atoms with van der Waals surface area (Å²) in [4.78, 5) is 0. The fourth-order valence-electron chi connectivity index (χ4n) is 2.06. The zero-order chi connectivity index (χ0) is 14.9. The molecule has 0 saturated heterocycles. The van der Waals surface area contributed by atoms with Crippen molar-refractivity contribution in [3.63, 3.8) is 0 Å². The quantitative estimate of drug-likeness (QED) is 0.719. The van der Waals surface area contributed by atoms with Crippen LogP contribution in [-0.2, 0) is 6.42 Å². The third-order valence-electron chi connectivity index (χ3n) is 3.33. The van der Waals surface area contributed by atoms with Gasteiger partial charge in [-0.25, -0.2) is 0 Å². The van der Waals surface area contributed by atoms with Crippen molar-refractivity contribution in [2.24, 2.45) is 0 Å². The van der Waals surface area contributed by atoms with Crippen molar-refractivity contribution in [2.75, 3.05) is 20.3 Å². The van der Waals surface area contributed by atoms with Crippen LogP contribution in [0, 0.1) is 0 Å². The van der Waals surface area contributed by atoms with Crippen LogP contribution in [0.25, 0.3) is 0 Å². The van der Waals surface area contributed by atoms with Crippen LogP contribution in [0.1, 0.15) is 19.1 Å². The molecule has 1 N–H and O–H groups in total. The summed E-state index contributed by atoms with van der Waals surface area (Å²) in [6.07, 6.45) is 3.73. The van der Waals surface area contributed by atoms with Gasteiger partial charge in [0.05, 0.1) is 13.4 Å². The zero-order valence-corrected chi connectivity index (χ0v) is 12.7. The molecule has 2 aromatic rings. The van der Waals surface area contributed by atoms with Crippen molar-refractivity contribution in [1.82, 2.24) is 5.32 Å². The van der Waals surface area contributed by atoms with E-state index in [4.69, 9.17) is 13.9 Å². The molecule has 4 heteroatoms. The van der Waals surface area contributed by atoms with Crippen molar-refractivity contribution in [3.8, 4) is 11.5 Å². The first-order valence-electron chi connectivity index (χ1n) is 7.30. The second kappa shape index (κ2) is 8.37. The largest absolute Gasteiger partial charge is 0.497 e. The number of hydrogen-bond acceptors (Lipinski definition) is 4. The van der Waals surface area contributed by atoms with Gasteiger partial charge in [0.1, 0.15) is 23.9 Å². The Morgan fingerprint density at radius 3 is 2.57 bits per heavy atom. The third kappa shape index (κ3) is 5.52. The maximum absolute atomic E-state index is 5.67. The van der Waals surface area contributed by atoms with E-state index in [-0.39, 0.29) is 0 Å². The van der Waals surface area contributed by atoms with Crippen LogP contribution in [0.4, 0.5) is 0 Å². The van der Waals surface area contributed by atoms with E-state index in [9.17, 15) is 0 Å². The minimum absolute atomic E-state index is 0.439. The number of methoxy groups -OCH3 is 1. The molecule has 0 amide bonds. The fraction of sp³-hybridized carbons (Fsp3) is 0.412. The second-order valence-electron chi connectivity index (χ2n) is 5.00. The van der Waals surface area contributed by atoms with Gasteiger partial charge in [-0.2, -0.15) is 0 Å². The highest BCUT2D eigenvalue weighted by Crippen LogP contribution is 2.16. The molecule has 1 aromatic heterocycles. The summed E-state index contributed by atoms with van der Waals surface area (Å²) < 4.78 is 16.1. The number of ether oxygens (including phenoxy) is 2. The van der Waals surface area contributed by atoms with Crippen LogP contribution in [-0.4, -0.2) is 26.3 Å². The normalized spacial score (nSPS) is 12.1. The standard InChI is InChI=1S/C17H23NO3/c1-14(5-6-16-4-3-12-20-16)18-11-13-21-17-9-7-15(19-2)8-10-17/h3-4,7-10,12,14,18H,5-6,11,13H2,1-2H3. The average Bonchev–Trinajstić information content (AvgIpc) is 3.03. The van der Waals surface area contributed by atoms with E-state index in [0.29, 0.717) is 12.6 Å². The maximum atomic E-state index is 5.67. The number of nitrogens with one attached hydrogen (secondary N) is 1. The summed E-state index contributed by atoms with van der Waals surface area (Å²) in [7, 11) is 1.66. The van der Waals surface area contributed by atoms with Crippen LogP contribution in [0.15, 0.2) is 47.1 Å². The van der Waals surface area contributed by atoms with E-state index in [1.54, 1.807) is 13.4 Å². The van der Waals surface area contributed by atoms with Crippen molar-refractivity contribution in [3.05, 3.63) is 48.4 Å². The van der Waals surface area contributed by atoms with Gasteiger partial charge in [0.25, 0.3) is 0 Å². The van der Waals surface area contributed by atoms with Gasteiger partial charge in [0, 0.05) is 19.0 Å². The molecular weight excluding hydrogens is 266 g/mol. The molecule has 21 heavy (non-hydrogen) atoms. The van der Waals surface area contributed by atoms with E-state index >= 15 is 0 Å². The Labute approximate surface area is 126 Å². The van der Waals surface area contributed by atoms with E-state index in [1.807, 2.05) is 36.4 Å². The Morgan fingerprint density at radius 1 is 1.14 bits per heavy atom. The lowest BCUT2D eigenvalue weighted by Gasteiger charge is -2.13. The molecule has 0 fully saturated rings. The molecule has 1 aromatic carbocycles. The van der Waals surface area contributed by atoms with Crippen molar-refractivity contribution < 1.29 is 13.9 Å². The van der Waals surface area contributed by atoms with Crippen molar-refractivity contribution in [2.45, 2.75) is 25.8 Å². The van der Waals surface area contributed by atoms with Gasteiger partial charge in [-0.15, -0.1) is 0 Å². The molecule has 0 radical (unpaired) electrons. The molecular formula is C17H23NO3. The van der Waals surface area contributed by atoms with Gasteiger partial charge < -0.3 is 19.2 Å². The molecule has 1 unspecified atom stereocenters. The Hall–Kier alpha value is -1.94. The molecule has 4 nitrogen and oxygen atoms in total. The molecule has 0 saturated carbocycles. The lowest BCUT2D eigenvalue weighted by molar-refractivity contribution is 0.304. The van der Waals surface area contributed by atoms with Gasteiger partial charge in [-0.3, -0.25) is 0 Å². The highest BCUT2D eigenvalue weighted by Gasteiger charge is 2.03. The van der Waals surface area contributed by atoms with Crippen LogP contribution in [0.5, 0.6) is 11.5 Å². The molecule has 114 valence electrons. The van der Waals surface area contributed by atoms with E-state index in [0.717, 1.165) is 36.6 Å². The number of benzene rings is 1. The molecule has 0 spiro atoms. The van der Waals surface area contributed by atoms with Crippen LogP contribution >= 0.6 is 0 Å². The first-order valence-corrected chi connectivity index (χ1v) is 7.30. The van der Waals surface area contributed by atoms with E-state index < -0.39 is 0 Å². The highest BCUT2D eigenvalue weighted by molar-refractivity contribution is 5.31. The molecule has 1 atom stereocenters. The van der Waals surface area contributed by atoms with E-state index in [1.165, 1.54) is 0 Å². The van der Waals surface area contributed by atoms with Gasteiger partial charge >= 0.3 is 0 Å². The number of furan rings is 1. The Kier molecular flexibility index (Phi) is 6.16. The van der Waals surface area contributed by atoms with Crippen LogP contribution in [0.2, 0.25) is 0 Å². The number of rotatable bonds is 9. The predicted octanol–water partition coefficient (Wildman–Crippen LogP) is 3.28. The summed E-state index contributed by atoms with van der Waals surface area (Å²) in [5.74, 6) is 2.74. The summed E-state index contributed by atoms with van der Waals surface area (Å²) in [6, 6.07) is 12.0. The minimum Gasteiger partial charge on any atom is -0.497 e. The smallest absolute Gasteiger partial charge is 0.119 e. The van der Waals surface area contributed by atoms with Crippen molar-refractivity contribution in [1.29, 1.82) is 0 Å². The topological polar surface area (TPSA) is 43.6 Å². The molecule has 0 aliphatic carbocycles. The fourth-order valence-corrected chi connectivity index (χ4v) is 2.06. The number of aryl methyl sites for hydroxylation is 1. The highest BCUT2D eigenvalue weighted by atomic mass is 16.5. The Balaban J connectivity index is 1.58. The number of hydrogen-bond donors (Lipinski definition) is 1. The summed E-state index contributed by atoms with van der Waals surface area (Å²) in [5, 5.41) is 3.45. The van der Waals surface area contributed by atoms with Gasteiger partial charge in [-0.1, -0.05) is 0 Å². The Bertz CT molecular complexity index is 493. The van der Waals surface area contributed by atoms with Gasteiger partial charge in [-0.05, 0) is 49.7 Å². The van der Waals surface area contributed by atoms with Crippen molar-refractivity contribution >= 4 is 0 Å². The predicted molar refractivity (Wildman–Crippen MR) is 83.0 cm³/mol. The first kappa shape index (κ1) is 15.4. The first-order chi connectivity index (χ1) is 10.3. The van der Waals surface area contributed by atoms with Gasteiger partial charge in [0.2, 0.25) is 0 Å². The molecule has 2 rings (SSSR count). The average molecular weight is 289 g/mol. The zero-order valence-electron chi connectivity index (χ0n) is 12.7. The lowest BCUT2D eigenvalue weighted by atomic mass is 10.1. The van der Waals surface area contributed by atoms with Crippen LogP contribution < -0.4 is 14.8 Å². The van der Waals surface area contributed by atoms with Crippen LogP contribution in [0.3, 0.4) is 0 Å². The summed E-state index contributed by atoms with van der Waals surface area (Å²) in [6.45, 7) is 3.65. The molecule has 0 bridgehead atoms. The second-order valence-corrected chi connectivity index (χ2v) is 5.00. The summed E-state index contributed by atoms with van der Waals surface area (Å²) >= 11 is 0. The Morgan fingerprint density at radius 2 is 1.90 bits per heavy atom. The SMILES string of the molecule is COc1ccc(OCCNC(C)CCc2ccco2)cc1. The molecule has 0 aliphatic rings. The minimum atomic E-state index is 0.439. The third-order valence-corrected chi connectivity index (χ3v) is 3.33. The summed E-state index contributed by atoms with van der Waals surface area (Å²) in [5.41, 5.74) is 0. The van der Waals surface area contributed by atoms with E-state index in [2.05, 4.69) is 12.2 Å².